The zero-order valence-electron chi connectivity index (χ0n) is 40.3. The van der Waals surface area contributed by atoms with Crippen LogP contribution >= 0.6 is 0 Å². The molecule has 0 heterocycles. The van der Waals surface area contributed by atoms with Gasteiger partial charge >= 0.3 is 0 Å². The van der Waals surface area contributed by atoms with Crippen molar-refractivity contribution in [1.82, 2.24) is 0 Å². The Hall–Kier alpha value is -1.56. The molecule has 0 radical (unpaired) electrons. The highest BCUT2D eigenvalue weighted by Gasteiger charge is 2.45. The Labute approximate surface area is 417 Å². The van der Waals surface area contributed by atoms with Crippen LogP contribution in [0.3, 0.4) is 0 Å². The predicted octanol–water partition coefficient (Wildman–Crippen LogP) is 21.2. The van der Waals surface area contributed by atoms with E-state index in [4.69, 9.17) is 0 Å². The van der Waals surface area contributed by atoms with Gasteiger partial charge in [0.1, 0.15) is 0 Å². The predicted molar refractivity (Wildman–Crippen MR) is 303 cm³/mol. The standard InChI is InChI=1S/6C10H16.6CH4/c2*1-3-9-5-8-4-7(2)10(9)6-8;2*1-3-8-5-9-6-10(8)4-7(9)2;2*1-2-3-9-6-8-4-5-10(9)7-8;;;;;;/h4*3,7-10H,1,4-6H2,2H3;2*4-5,8-10H,2-3,6-7H2,1H3;6*1H4. The van der Waals surface area contributed by atoms with Gasteiger partial charge in [-0.2, -0.15) is 0 Å². The van der Waals surface area contributed by atoms with Crippen molar-refractivity contribution in [1.29, 1.82) is 0 Å². The van der Waals surface area contributed by atoms with Crippen LogP contribution in [0.1, 0.15) is 215 Å². The molecule has 0 N–H and O–H groups in total. The number of rotatable bonds is 8. The van der Waals surface area contributed by atoms with E-state index < -0.39 is 0 Å². The van der Waals surface area contributed by atoms with Crippen LogP contribution in [-0.2, 0) is 0 Å². The van der Waals surface area contributed by atoms with Crippen LogP contribution in [0.4, 0.5) is 0 Å². The van der Waals surface area contributed by atoms with Gasteiger partial charge in [-0.25, -0.2) is 0 Å². The summed E-state index contributed by atoms with van der Waals surface area (Å²) in [6.07, 6.45) is 47.8. The van der Waals surface area contributed by atoms with Crippen LogP contribution in [-0.4, -0.2) is 0 Å². The molecular formula is C66H120. The van der Waals surface area contributed by atoms with Gasteiger partial charge in [-0.15, -0.1) is 26.3 Å². The molecule has 384 valence electrons. The number of hydrogen-bond donors (Lipinski definition) is 0. The smallest absolute Gasteiger partial charge is 0.0199 e. The molecule has 12 bridgehead atoms. The summed E-state index contributed by atoms with van der Waals surface area (Å²) in [4.78, 5) is 0. The largest absolute Gasteiger partial charge is 0.103 e. The van der Waals surface area contributed by atoms with E-state index in [-0.39, 0.29) is 44.6 Å². The number of fused-ring (bicyclic) bond motifs is 12. The van der Waals surface area contributed by atoms with Crippen molar-refractivity contribution in [2.75, 3.05) is 0 Å². The molecule has 10 fully saturated rings. The van der Waals surface area contributed by atoms with E-state index >= 15 is 0 Å². The molecule has 12 aliphatic carbocycles. The van der Waals surface area contributed by atoms with Gasteiger partial charge in [0, 0.05) is 0 Å². The summed E-state index contributed by atoms with van der Waals surface area (Å²) in [6, 6.07) is 0. The lowest BCUT2D eigenvalue weighted by molar-refractivity contribution is 0.297. The van der Waals surface area contributed by atoms with Crippen LogP contribution in [0.25, 0.3) is 0 Å². The highest BCUT2D eigenvalue weighted by atomic mass is 14.5. The monoisotopic (exact) mass is 913 g/mol. The van der Waals surface area contributed by atoms with E-state index in [2.05, 4.69) is 116 Å². The molecule has 0 saturated heterocycles. The Balaban J connectivity index is 0.000000389. The second-order valence-corrected chi connectivity index (χ2v) is 24.1. The lowest BCUT2D eigenvalue weighted by Gasteiger charge is -2.23. The second-order valence-electron chi connectivity index (χ2n) is 24.1. The lowest BCUT2D eigenvalue weighted by atomic mass is 9.82. The van der Waals surface area contributed by atoms with Crippen LogP contribution in [0.5, 0.6) is 0 Å². The van der Waals surface area contributed by atoms with E-state index in [0.29, 0.717) is 0 Å². The summed E-state index contributed by atoms with van der Waals surface area (Å²) in [7, 11) is 0. The van der Waals surface area contributed by atoms with Gasteiger partial charge in [-0.1, -0.05) is 160 Å². The summed E-state index contributed by atoms with van der Waals surface area (Å²) >= 11 is 0. The summed E-state index contributed by atoms with van der Waals surface area (Å²) in [5.41, 5.74) is 0. The van der Waals surface area contributed by atoms with E-state index in [0.717, 1.165) is 130 Å². The maximum atomic E-state index is 3.90. The minimum Gasteiger partial charge on any atom is -0.103 e. The lowest BCUT2D eigenvalue weighted by Crippen LogP contribution is -2.15. The van der Waals surface area contributed by atoms with Gasteiger partial charge in [-0.3, -0.25) is 0 Å². The Morgan fingerprint density at radius 2 is 0.727 bits per heavy atom. The average Bonchev–Trinajstić information content (AvgIpc) is 4.08. The topological polar surface area (TPSA) is 0 Å². The van der Waals surface area contributed by atoms with E-state index in [1.54, 1.807) is 0 Å². The van der Waals surface area contributed by atoms with Gasteiger partial charge in [-0.05, 0) is 233 Å². The van der Waals surface area contributed by atoms with Crippen LogP contribution in [0.15, 0.2) is 74.9 Å². The molecule has 12 aliphatic rings. The van der Waals surface area contributed by atoms with E-state index in [1.165, 1.54) is 128 Å². The molecule has 0 amide bonds. The van der Waals surface area contributed by atoms with Gasteiger partial charge in [0.05, 0.1) is 0 Å². The highest BCUT2D eigenvalue weighted by molar-refractivity contribution is 5.11. The van der Waals surface area contributed by atoms with Crippen molar-refractivity contribution in [2.24, 2.45) is 130 Å². The Bertz CT molecular complexity index is 1330. The van der Waals surface area contributed by atoms with Crippen molar-refractivity contribution in [3.63, 3.8) is 0 Å². The first-order valence-electron chi connectivity index (χ1n) is 26.9. The SMILES string of the molecule is C.C.C.C.C.C.C=CC1CC2CC(C)C1C2.C=CC1CC2CC(C)C1C2.C=CC1CC2CC1CC2C.C=CC1CC2CC1CC2C.CCCC1CC2C=CC1C2.CCCC1CC2C=CC1C2. The number of allylic oxidation sites excluding steroid dienone is 8. The molecule has 0 heteroatoms. The second kappa shape index (κ2) is 28.9. The molecule has 0 spiro atoms. The first kappa shape index (κ1) is 62.5. The van der Waals surface area contributed by atoms with Crippen LogP contribution in [0, 0.1) is 130 Å². The highest BCUT2D eigenvalue weighted by Crippen LogP contribution is 2.55. The molecule has 0 aromatic heterocycles. The zero-order chi connectivity index (χ0) is 42.5. The van der Waals surface area contributed by atoms with Crippen LogP contribution < -0.4 is 0 Å². The normalized spacial score (nSPS) is 44.4. The zero-order valence-corrected chi connectivity index (χ0v) is 40.3. The average molecular weight is 914 g/mol. The summed E-state index contributed by atoms with van der Waals surface area (Å²) < 4.78 is 0. The van der Waals surface area contributed by atoms with Gasteiger partial charge in [0.25, 0.3) is 0 Å². The van der Waals surface area contributed by atoms with Crippen molar-refractivity contribution < 1.29 is 0 Å². The number of hydrogen-bond acceptors (Lipinski definition) is 0. The van der Waals surface area contributed by atoms with Gasteiger partial charge in [0.15, 0.2) is 0 Å². The first-order chi connectivity index (χ1) is 29.0. The Morgan fingerprint density at radius 1 is 0.364 bits per heavy atom. The molecule has 0 aromatic carbocycles. The van der Waals surface area contributed by atoms with E-state index in [1.807, 2.05) is 0 Å². The fraction of sp³-hybridized carbons (Fsp3) is 0.818. The third-order valence-electron chi connectivity index (χ3n) is 20.3. The molecule has 22 atom stereocenters. The van der Waals surface area contributed by atoms with Crippen molar-refractivity contribution in [3.8, 4) is 0 Å². The van der Waals surface area contributed by atoms with Gasteiger partial charge in [0.2, 0.25) is 0 Å². The minimum absolute atomic E-state index is 0. The molecular weight excluding hydrogens is 793 g/mol. The summed E-state index contributed by atoms with van der Waals surface area (Å²) in [5.74, 6) is 21.8. The maximum absolute atomic E-state index is 3.90. The Kier molecular flexibility index (Phi) is 27.4. The molecule has 12 rings (SSSR count). The molecule has 0 aliphatic heterocycles. The van der Waals surface area contributed by atoms with Gasteiger partial charge < -0.3 is 0 Å². The van der Waals surface area contributed by atoms with E-state index in [9.17, 15) is 0 Å². The third kappa shape index (κ3) is 14.7. The summed E-state index contributed by atoms with van der Waals surface area (Å²) in [5, 5.41) is 0. The Morgan fingerprint density at radius 3 is 0.924 bits per heavy atom. The molecule has 0 aromatic rings. The summed E-state index contributed by atoms with van der Waals surface area (Å²) in [6.45, 7) is 29.8. The van der Waals surface area contributed by atoms with Crippen molar-refractivity contribution >= 4 is 0 Å². The molecule has 0 nitrogen and oxygen atoms in total. The van der Waals surface area contributed by atoms with Crippen LogP contribution in [0.2, 0.25) is 0 Å². The minimum atomic E-state index is 0. The third-order valence-corrected chi connectivity index (χ3v) is 20.3. The van der Waals surface area contributed by atoms with Crippen molar-refractivity contribution in [3.05, 3.63) is 74.9 Å². The first-order valence-corrected chi connectivity index (χ1v) is 26.9. The molecule has 10 saturated carbocycles. The van der Waals surface area contributed by atoms with Crippen molar-refractivity contribution in [2.45, 2.75) is 215 Å². The maximum Gasteiger partial charge on any atom is -0.0199 e. The molecule has 66 heavy (non-hydrogen) atoms. The fourth-order valence-corrected chi connectivity index (χ4v) is 17.1. The fourth-order valence-electron chi connectivity index (χ4n) is 17.1. The molecule has 22 unspecified atom stereocenters. The quantitative estimate of drug-likeness (QED) is 0.213.